The summed E-state index contributed by atoms with van der Waals surface area (Å²) in [5.41, 5.74) is 2.71. The van der Waals surface area contributed by atoms with E-state index in [9.17, 15) is 4.79 Å². The van der Waals surface area contributed by atoms with Crippen LogP contribution in [0.2, 0.25) is 0 Å². The van der Waals surface area contributed by atoms with Gasteiger partial charge in [-0.25, -0.2) is 9.97 Å². The van der Waals surface area contributed by atoms with Crippen LogP contribution in [0.25, 0.3) is 11.0 Å². The van der Waals surface area contributed by atoms with E-state index in [4.69, 9.17) is 9.78 Å². The normalized spacial score (nSPS) is 23.4. The molecule has 3 aliphatic rings. The topological polar surface area (TPSA) is 117 Å². The lowest BCUT2D eigenvalue weighted by Crippen LogP contribution is -2.38. The molecule has 2 saturated heterocycles. The van der Waals surface area contributed by atoms with Crippen molar-refractivity contribution in [2.24, 2.45) is 11.8 Å². The highest BCUT2D eigenvalue weighted by Crippen LogP contribution is 2.35. The highest BCUT2D eigenvalue weighted by molar-refractivity contribution is 5.97. The second kappa shape index (κ2) is 10.9. The molecule has 5 heterocycles. The van der Waals surface area contributed by atoms with E-state index in [0.29, 0.717) is 29.5 Å². The minimum Gasteiger partial charge on any atom is -0.343 e. The molecule has 3 aromatic heterocycles. The molecule has 37 heavy (non-hydrogen) atoms. The molecule has 2 aliphatic heterocycles. The van der Waals surface area contributed by atoms with Crippen molar-refractivity contribution in [3.63, 3.8) is 0 Å². The molecule has 0 spiro atoms. The number of rotatable bonds is 5. The lowest BCUT2D eigenvalue weighted by molar-refractivity contribution is -0.0980. The maximum atomic E-state index is 12.9. The van der Waals surface area contributed by atoms with Gasteiger partial charge in [-0.15, -0.1) is 0 Å². The average molecular weight is 505 g/mol. The van der Waals surface area contributed by atoms with Crippen LogP contribution in [0, 0.1) is 11.8 Å². The number of hydrogen-bond acceptors (Lipinski definition) is 8. The number of aromatic nitrogens is 4. The zero-order valence-corrected chi connectivity index (χ0v) is 21.6. The second-order valence-electron chi connectivity index (χ2n) is 10.5. The van der Waals surface area contributed by atoms with Crippen molar-refractivity contribution in [3.05, 3.63) is 41.9 Å². The zero-order valence-electron chi connectivity index (χ0n) is 21.6. The fourth-order valence-corrected chi connectivity index (χ4v) is 6.03. The number of hydrogen-bond donors (Lipinski definition) is 3. The largest absolute Gasteiger partial charge is 0.343 e. The van der Waals surface area contributed by atoms with Crippen LogP contribution in [0.15, 0.2) is 30.6 Å². The molecule has 6 rings (SSSR count). The van der Waals surface area contributed by atoms with Gasteiger partial charge in [-0.1, -0.05) is 18.9 Å². The number of anilines is 2. The van der Waals surface area contributed by atoms with Gasteiger partial charge in [0.25, 0.3) is 5.91 Å². The summed E-state index contributed by atoms with van der Waals surface area (Å²) in [6, 6.07) is 6.72. The molecule has 0 radical (unpaired) electrons. The third kappa shape index (κ3) is 5.08. The van der Waals surface area contributed by atoms with Crippen LogP contribution < -0.4 is 16.0 Å². The number of pyridine rings is 1. The Morgan fingerprint density at radius 1 is 1.08 bits per heavy atom. The van der Waals surface area contributed by atoms with E-state index in [-0.39, 0.29) is 5.91 Å². The molecule has 1 amide bonds. The van der Waals surface area contributed by atoms with Gasteiger partial charge in [-0.3, -0.25) is 4.79 Å². The van der Waals surface area contributed by atoms with Crippen molar-refractivity contribution < 1.29 is 9.59 Å². The first-order valence-electron chi connectivity index (χ1n) is 13.1. The maximum absolute atomic E-state index is 12.9. The second-order valence-corrected chi connectivity index (χ2v) is 10.5. The first kappa shape index (κ1) is 25.3. The first-order chi connectivity index (χ1) is 18.1. The predicted molar refractivity (Wildman–Crippen MR) is 143 cm³/mol. The minimum atomic E-state index is -0.00214. The lowest BCUT2D eigenvalue weighted by atomic mass is 9.84. The highest BCUT2D eigenvalue weighted by atomic mass is 16.2. The average Bonchev–Trinajstić information content (AvgIpc) is 3.69. The quantitative estimate of drug-likeness (QED) is 0.485. The molecule has 3 atom stereocenters. The number of carbonyl (C=O) groups is 2. The smallest absolute Gasteiger partial charge is 0.270 e. The number of fused-ring (bicyclic) bond motifs is 2. The molecule has 3 fully saturated rings. The molecule has 1 aliphatic carbocycles. The maximum Gasteiger partial charge on any atom is 0.270 e. The number of piperidine rings is 1. The summed E-state index contributed by atoms with van der Waals surface area (Å²) >= 11 is 0. The Morgan fingerprint density at radius 3 is 2.59 bits per heavy atom. The first-order valence-corrected chi connectivity index (χ1v) is 13.1. The summed E-state index contributed by atoms with van der Waals surface area (Å²) < 4.78 is 2.13. The zero-order chi connectivity index (χ0) is 25.9. The van der Waals surface area contributed by atoms with E-state index in [1.165, 1.54) is 18.4 Å². The van der Waals surface area contributed by atoms with Crippen molar-refractivity contribution in [3.8, 4) is 0 Å². The van der Waals surface area contributed by atoms with E-state index >= 15 is 0 Å². The van der Waals surface area contributed by atoms with E-state index in [1.807, 2.05) is 25.1 Å². The molecule has 196 valence electrons. The predicted octanol–water partition coefficient (Wildman–Crippen LogP) is 3.07. The Kier molecular flexibility index (Phi) is 7.48. The van der Waals surface area contributed by atoms with Crippen LogP contribution in [-0.4, -0.2) is 70.8 Å². The van der Waals surface area contributed by atoms with E-state index in [2.05, 4.69) is 36.6 Å². The van der Waals surface area contributed by atoms with Crippen LogP contribution in [0.5, 0.6) is 0 Å². The van der Waals surface area contributed by atoms with Crippen molar-refractivity contribution >= 4 is 35.5 Å². The summed E-state index contributed by atoms with van der Waals surface area (Å²) in [5.74, 6) is 2.71. The summed E-state index contributed by atoms with van der Waals surface area (Å²) in [5, 5.41) is 11.4. The molecule has 0 aromatic carbocycles. The molecule has 3 N–H and O–H groups in total. The van der Waals surface area contributed by atoms with Gasteiger partial charge in [0.05, 0.1) is 0 Å². The van der Waals surface area contributed by atoms with Crippen LogP contribution in [0.3, 0.4) is 0 Å². The number of nitrogens with one attached hydrogen (secondary N) is 3. The van der Waals surface area contributed by atoms with Crippen molar-refractivity contribution in [2.45, 2.75) is 44.2 Å². The van der Waals surface area contributed by atoms with E-state index < -0.39 is 0 Å². The standard InChI is InChI=1S/C26H34N8O.CH2O/c1-33(2)25(35)22-10-18-14-30-26(32-24(18)34(22)20-5-3-4-6-20)31-23-8-7-16(13-29-23)21-9-17-11-27-12-19(17)15-28-21;1-2/h7-8,10,13-14,17,19-21,27-28H,3-6,9,11-12,15H2,1-2H3,(H,29,30,31,32);1H2. The van der Waals surface area contributed by atoms with Crippen LogP contribution in [-0.2, 0) is 4.79 Å². The number of nitrogens with zero attached hydrogens (tertiary/aromatic N) is 5. The van der Waals surface area contributed by atoms with Crippen LogP contribution >= 0.6 is 0 Å². The Labute approximate surface area is 217 Å². The van der Waals surface area contributed by atoms with Gasteiger partial charge in [0.1, 0.15) is 23.9 Å². The summed E-state index contributed by atoms with van der Waals surface area (Å²) in [7, 11) is 3.58. The number of carbonyl (C=O) groups excluding carboxylic acids is 2. The van der Waals surface area contributed by atoms with E-state index in [1.54, 1.807) is 25.2 Å². The molecular weight excluding hydrogens is 468 g/mol. The summed E-state index contributed by atoms with van der Waals surface area (Å²) in [6.45, 7) is 5.32. The Morgan fingerprint density at radius 2 is 1.86 bits per heavy atom. The van der Waals surface area contributed by atoms with Gasteiger partial charge in [-0.2, -0.15) is 4.98 Å². The van der Waals surface area contributed by atoms with Gasteiger partial charge < -0.3 is 30.2 Å². The molecule has 3 unspecified atom stereocenters. The molecular formula is C27H36N8O2. The van der Waals surface area contributed by atoms with Gasteiger partial charge in [0.2, 0.25) is 5.95 Å². The molecule has 10 heteroatoms. The fraction of sp³-hybridized carbons (Fsp3) is 0.519. The minimum absolute atomic E-state index is 0.00214. The van der Waals surface area contributed by atoms with Gasteiger partial charge in [0.15, 0.2) is 0 Å². The highest BCUT2D eigenvalue weighted by Gasteiger charge is 2.34. The Balaban J connectivity index is 0.00000137. The Hall–Kier alpha value is -3.37. The molecule has 3 aromatic rings. The summed E-state index contributed by atoms with van der Waals surface area (Å²) in [6.07, 6.45) is 9.41. The monoisotopic (exact) mass is 504 g/mol. The molecule has 0 bridgehead atoms. The molecule has 1 saturated carbocycles. The third-order valence-electron chi connectivity index (χ3n) is 7.96. The Bertz CT molecular complexity index is 1240. The van der Waals surface area contributed by atoms with Crippen molar-refractivity contribution in [2.75, 3.05) is 39.0 Å². The van der Waals surface area contributed by atoms with E-state index in [0.717, 1.165) is 61.8 Å². The number of amides is 1. The lowest BCUT2D eigenvalue weighted by Gasteiger charge is -2.32. The third-order valence-corrected chi connectivity index (χ3v) is 7.96. The fourth-order valence-electron chi connectivity index (χ4n) is 6.03. The van der Waals surface area contributed by atoms with Gasteiger partial charge in [0, 0.05) is 50.5 Å². The summed E-state index contributed by atoms with van der Waals surface area (Å²) in [4.78, 5) is 36.6. The van der Waals surface area contributed by atoms with Crippen molar-refractivity contribution in [1.82, 2.24) is 35.1 Å². The van der Waals surface area contributed by atoms with Gasteiger partial charge in [-0.05, 0) is 61.9 Å². The molecule has 10 nitrogen and oxygen atoms in total. The van der Waals surface area contributed by atoms with Crippen LogP contribution in [0.1, 0.15) is 60.2 Å². The SMILES string of the molecule is C=O.CN(C)C(=O)c1cc2cnc(Nc3ccc(C4CC5CNCC5CN4)cn3)nc2n1C1CCCC1. The van der Waals surface area contributed by atoms with Crippen molar-refractivity contribution in [1.29, 1.82) is 0 Å². The van der Waals surface area contributed by atoms with Gasteiger partial charge >= 0.3 is 0 Å². The van der Waals surface area contributed by atoms with Crippen LogP contribution in [0.4, 0.5) is 11.8 Å².